The predicted molar refractivity (Wildman–Crippen MR) is 99.5 cm³/mol. The van der Waals surface area contributed by atoms with E-state index in [2.05, 4.69) is 0 Å². The van der Waals surface area contributed by atoms with Crippen molar-refractivity contribution in [3.05, 3.63) is 82.2 Å². The summed E-state index contributed by atoms with van der Waals surface area (Å²) in [4.78, 5) is 24.8. The lowest BCUT2D eigenvalue weighted by Gasteiger charge is -2.05. The maximum Gasteiger partial charge on any atom is 0.203 e. The van der Waals surface area contributed by atoms with E-state index in [1.54, 1.807) is 42.5 Å². The molecule has 1 aromatic heterocycles. The Morgan fingerprint density at radius 1 is 1.15 bits per heavy atom. The van der Waals surface area contributed by atoms with E-state index in [1.165, 1.54) is 12.3 Å². The molecule has 0 saturated carbocycles. The summed E-state index contributed by atoms with van der Waals surface area (Å²) < 4.78 is 10.9. The predicted octanol–water partition coefficient (Wildman–Crippen LogP) is 3.45. The molecule has 1 heterocycles. The third-order valence-electron chi connectivity index (χ3n) is 3.80. The highest BCUT2D eigenvalue weighted by molar-refractivity contribution is 6.07. The first-order chi connectivity index (χ1) is 12.7. The van der Waals surface area contributed by atoms with Crippen molar-refractivity contribution in [3.63, 3.8) is 0 Å². The van der Waals surface area contributed by atoms with Gasteiger partial charge in [-0.2, -0.15) is 0 Å². The number of carbonyl (C=O) groups is 1. The molecule has 0 aliphatic rings. The van der Waals surface area contributed by atoms with Gasteiger partial charge in [-0.25, -0.2) is 0 Å². The topological polar surface area (TPSA) is 76.7 Å². The smallest absolute Gasteiger partial charge is 0.203 e. The average Bonchev–Trinajstić information content (AvgIpc) is 2.67. The molecule has 132 valence electrons. The van der Waals surface area contributed by atoms with Crippen molar-refractivity contribution in [1.82, 2.24) is 0 Å². The normalized spacial score (nSPS) is 11.1. The summed E-state index contributed by atoms with van der Waals surface area (Å²) in [5, 5.41) is 9.16. The maximum atomic E-state index is 12.4. The Morgan fingerprint density at radius 3 is 2.85 bits per heavy atom. The molecule has 3 rings (SSSR count). The molecule has 0 amide bonds. The van der Waals surface area contributed by atoms with Gasteiger partial charge in [0.2, 0.25) is 5.43 Å². The number of benzene rings is 2. The standard InChI is InChI=1S/C21H18O5/c22-11-4-12-25-16-6-3-5-15(13-16)9-10-19(23)18-14-26-20-8-2-1-7-17(20)21(18)24/h1-3,5-10,13-14,22H,4,11-12H2. The second kappa shape index (κ2) is 8.27. The minimum Gasteiger partial charge on any atom is -0.493 e. The molecule has 1 N–H and O–H groups in total. The first-order valence-corrected chi connectivity index (χ1v) is 8.26. The zero-order valence-electron chi connectivity index (χ0n) is 14.1. The minimum atomic E-state index is -0.420. The van der Waals surface area contributed by atoms with Gasteiger partial charge in [0.1, 0.15) is 23.2 Å². The van der Waals surface area contributed by atoms with Gasteiger partial charge in [0.25, 0.3) is 0 Å². The molecule has 5 heteroatoms. The number of rotatable bonds is 7. The average molecular weight is 350 g/mol. The van der Waals surface area contributed by atoms with E-state index in [0.717, 1.165) is 5.56 Å². The quantitative estimate of drug-likeness (QED) is 0.401. The van der Waals surface area contributed by atoms with Crippen LogP contribution in [0.2, 0.25) is 0 Å². The van der Waals surface area contributed by atoms with E-state index >= 15 is 0 Å². The van der Waals surface area contributed by atoms with E-state index < -0.39 is 5.78 Å². The minimum absolute atomic E-state index is 0.00435. The number of fused-ring (bicyclic) bond motifs is 1. The number of para-hydroxylation sites is 1. The second-order valence-corrected chi connectivity index (χ2v) is 5.67. The first-order valence-electron chi connectivity index (χ1n) is 8.26. The molecular formula is C21H18O5. The second-order valence-electron chi connectivity index (χ2n) is 5.67. The van der Waals surface area contributed by atoms with Gasteiger partial charge in [-0.05, 0) is 35.9 Å². The molecule has 0 unspecified atom stereocenters. The molecule has 0 saturated heterocycles. The summed E-state index contributed by atoms with van der Waals surface area (Å²) >= 11 is 0. The molecule has 0 atom stereocenters. The summed E-state index contributed by atoms with van der Waals surface area (Å²) in [5.74, 6) is 0.231. The van der Waals surface area contributed by atoms with E-state index in [4.69, 9.17) is 14.3 Å². The number of ether oxygens (including phenoxy) is 1. The first kappa shape index (κ1) is 17.6. The molecule has 0 aliphatic carbocycles. The van der Waals surface area contributed by atoms with Gasteiger partial charge in [-0.1, -0.05) is 30.3 Å². The van der Waals surface area contributed by atoms with Crippen LogP contribution in [-0.4, -0.2) is 24.1 Å². The van der Waals surface area contributed by atoms with Crippen LogP contribution < -0.4 is 10.2 Å². The van der Waals surface area contributed by atoms with Gasteiger partial charge in [0.05, 0.1) is 12.0 Å². The highest BCUT2D eigenvalue weighted by Gasteiger charge is 2.11. The molecule has 0 aliphatic heterocycles. The summed E-state index contributed by atoms with van der Waals surface area (Å²) in [5.41, 5.74) is 0.869. The Balaban J connectivity index is 1.79. The van der Waals surface area contributed by atoms with Gasteiger partial charge < -0.3 is 14.3 Å². The van der Waals surface area contributed by atoms with Gasteiger partial charge in [-0.3, -0.25) is 9.59 Å². The van der Waals surface area contributed by atoms with E-state index in [9.17, 15) is 9.59 Å². The Hall–Kier alpha value is -3.18. The number of carbonyl (C=O) groups excluding carboxylic acids is 1. The molecular weight excluding hydrogens is 332 g/mol. The van der Waals surface area contributed by atoms with Crippen LogP contribution in [0, 0.1) is 0 Å². The number of hydrogen-bond acceptors (Lipinski definition) is 5. The van der Waals surface area contributed by atoms with Crippen LogP contribution in [0.3, 0.4) is 0 Å². The highest BCUT2D eigenvalue weighted by atomic mass is 16.5. The Bertz CT molecular complexity index is 1000. The van der Waals surface area contributed by atoms with Gasteiger partial charge >= 0.3 is 0 Å². The lowest BCUT2D eigenvalue weighted by molar-refractivity contribution is 0.104. The maximum absolute atomic E-state index is 12.4. The molecule has 5 nitrogen and oxygen atoms in total. The molecule has 0 radical (unpaired) electrons. The third-order valence-corrected chi connectivity index (χ3v) is 3.80. The number of ketones is 1. The summed E-state index contributed by atoms with van der Waals surface area (Å²) in [6.45, 7) is 0.489. The summed E-state index contributed by atoms with van der Waals surface area (Å²) in [6, 6.07) is 14.0. The monoisotopic (exact) mass is 350 g/mol. The Morgan fingerprint density at radius 2 is 2.00 bits per heavy atom. The van der Waals surface area contributed by atoms with Crippen LogP contribution >= 0.6 is 0 Å². The van der Waals surface area contributed by atoms with Crippen LogP contribution in [-0.2, 0) is 0 Å². The Kier molecular flexibility index (Phi) is 5.61. The third kappa shape index (κ3) is 4.07. The number of allylic oxidation sites excluding steroid dienone is 1. The zero-order chi connectivity index (χ0) is 18.4. The Labute approximate surface area is 150 Å². The summed E-state index contributed by atoms with van der Waals surface area (Å²) in [6.07, 6.45) is 4.71. The van der Waals surface area contributed by atoms with E-state index in [1.807, 2.05) is 12.1 Å². The van der Waals surface area contributed by atoms with Crippen LogP contribution in [0.15, 0.2) is 70.1 Å². The molecule has 0 bridgehead atoms. The lowest BCUT2D eigenvalue weighted by atomic mass is 10.1. The number of aliphatic hydroxyl groups is 1. The molecule has 0 spiro atoms. The lowest BCUT2D eigenvalue weighted by Crippen LogP contribution is -2.13. The number of hydrogen-bond donors (Lipinski definition) is 1. The summed E-state index contributed by atoms with van der Waals surface area (Å²) in [7, 11) is 0. The van der Waals surface area contributed by atoms with E-state index in [-0.39, 0.29) is 17.6 Å². The molecule has 2 aromatic carbocycles. The van der Waals surface area contributed by atoms with Crippen LogP contribution in [0.5, 0.6) is 5.75 Å². The highest BCUT2D eigenvalue weighted by Crippen LogP contribution is 2.16. The van der Waals surface area contributed by atoms with Crippen molar-refractivity contribution in [3.8, 4) is 5.75 Å². The number of aliphatic hydroxyl groups excluding tert-OH is 1. The van der Waals surface area contributed by atoms with Crippen LogP contribution in [0.4, 0.5) is 0 Å². The SMILES string of the molecule is O=C(C=Cc1cccc(OCCCO)c1)c1coc2ccccc2c1=O. The van der Waals surface area contributed by atoms with Crippen LogP contribution in [0.1, 0.15) is 22.3 Å². The van der Waals surface area contributed by atoms with Gasteiger partial charge in [0, 0.05) is 13.0 Å². The fraction of sp³-hybridized carbons (Fsp3) is 0.143. The largest absolute Gasteiger partial charge is 0.493 e. The van der Waals surface area contributed by atoms with Gasteiger partial charge in [0.15, 0.2) is 5.78 Å². The van der Waals surface area contributed by atoms with Crippen molar-refractivity contribution in [2.75, 3.05) is 13.2 Å². The van der Waals surface area contributed by atoms with Crippen molar-refractivity contribution in [2.45, 2.75) is 6.42 Å². The molecule has 26 heavy (non-hydrogen) atoms. The van der Waals surface area contributed by atoms with Crippen molar-refractivity contribution in [1.29, 1.82) is 0 Å². The van der Waals surface area contributed by atoms with E-state index in [0.29, 0.717) is 29.7 Å². The van der Waals surface area contributed by atoms with Crippen LogP contribution in [0.25, 0.3) is 17.0 Å². The van der Waals surface area contributed by atoms with Gasteiger partial charge in [-0.15, -0.1) is 0 Å². The fourth-order valence-electron chi connectivity index (χ4n) is 2.47. The van der Waals surface area contributed by atoms with Crippen molar-refractivity contribution >= 4 is 22.8 Å². The zero-order valence-corrected chi connectivity index (χ0v) is 14.1. The molecule has 0 fully saturated rings. The molecule has 3 aromatic rings. The van der Waals surface area contributed by atoms with Crippen molar-refractivity contribution < 1.29 is 19.1 Å². The fourth-order valence-corrected chi connectivity index (χ4v) is 2.47. The van der Waals surface area contributed by atoms with Crippen molar-refractivity contribution in [2.24, 2.45) is 0 Å².